The van der Waals surface area contributed by atoms with E-state index in [1.807, 2.05) is 0 Å². The van der Waals surface area contributed by atoms with E-state index in [4.69, 9.17) is 16.2 Å². The van der Waals surface area contributed by atoms with E-state index in [1.165, 1.54) is 0 Å². The van der Waals surface area contributed by atoms with Crippen molar-refractivity contribution in [2.45, 2.75) is 19.8 Å². The Bertz CT molecular complexity index is 305. The summed E-state index contributed by atoms with van der Waals surface area (Å²) in [6, 6.07) is 0. The summed E-state index contributed by atoms with van der Waals surface area (Å²) in [5, 5.41) is 0. The first kappa shape index (κ1) is 12.4. The fourth-order valence-electron chi connectivity index (χ4n) is 0.620. The van der Waals surface area contributed by atoms with Gasteiger partial charge in [0.1, 0.15) is 0 Å². The van der Waals surface area contributed by atoms with Crippen LogP contribution in [-0.2, 0) is 19.4 Å². The van der Waals surface area contributed by atoms with Crippen LogP contribution in [0.25, 0.3) is 0 Å². The number of halogens is 1. The Balaban J connectivity index is 4.42. The van der Waals surface area contributed by atoms with E-state index in [-0.39, 0.29) is 12.0 Å². The molecule has 0 saturated heterocycles. The summed E-state index contributed by atoms with van der Waals surface area (Å²) in [6.45, 7) is 1.78. The van der Waals surface area contributed by atoms with Crippen molar-refractivity contribution in [3.05, 3.63) is 11.1 Å². The summed E-state index contributed by atoms with van der Waals surface area (Å²) in [5.41, 5.74) is 0.929. The van der Waals surface area contributed by atoms with Crippen LogP contribution >= 0.6 is 11.6 Å². The quantitative estimate of drug-likeness (QED) is 0.579. The molecule has 0 aromatic heterocycles. The lowest BCUT2D eigenvalue weighted by Gasteiger charge is -2.01. The van der Waals surface area contributed by atoms with Crippen molar-refractivity contribution in [2.75, 3.05) is 0 Å². The van der Waals surface area contributed by atoms with Crippen molar-refractivity contribution >= 4 is 28.0 Å². The molecule has 5 nitrogen and oxygen atoms in total. The Kier molecular flexibility index (Phi) is 4.97. The predicted molar refractivity (Wildman–Crippen MR) is 46.5 cm³/mol. The molecular formula is C6H9ClO5S. The lowest BCUT2D eigenvalue weighted by Crippen LogP contribution is -2.13. The number of rotatable bonds is 4. The fraction of sp³-hybridized carbons (Fsp3) is 0.500. The Morgan fingerprint density at radius 2 is 2.15 bits per heavy atom. The molecule has 1 N–H and O–H groups in total. The zero-order valence-electron chi connectivity index (χ0n) is 6.86. The second kappa shape index (κ2) is 5.21. The van der Waals surface area contributed by atoms with E-state index >= 15 is 0 Å². The standard InChI is InChI=1S/C6H9ClO5S/c1-2-3-5(4-7)6(8)12-13(9,10)11/h4H,2-3H2,1H3,(H,9,10,11). The van der Waals surface area contributed by atoms with Crippen molar-refractivity contribution < 1.29 is 21.9 Å². The average Bonchev–Trinajstić information content (AvgIpc) is 1.96. The van der Waals surface area contributed by atoms with E-state index < -0.39 is 16.4 Å². The van der Waals surface area contributed by atoms with E-state index in [2.05, 4.69) is 4.18 Å². The van der Waals surface area contributed by atoms with Gasteiger partial charge in [0.2, 0.25) is 0 Å². The van der Waals surface area contributed by atoms with Crippen LogP contribution < -0.4 is 0 Å². The fourth-order valence-corrected chi connectivity index (χ4v) is 1.12. The molecule has 13 heavy (non-hydrogen) atoms. The average molecular weight is 229 g/mol. The molecule has 0 aliphatic heterocycles. The summed E-state index contributed by atoms with van der Waals surface area (Å²) >= 11 is 5.23. The maximum absolute atomic E-state index is 10.9. The first-order chi connectivity index (χ1) is 5.90. The van der Waals surface area contributed by atoms with Crippen LogP contribution in [0.1, 0.15) is 19.8 Å². The van der Waals surface area contributed by atoms with Gasteiger partial charge in [-0.25, -0.2) is 4.79 Å². The molecule has 0 unspecified atom stereocenters. The van der Waals surface area contributed by atoms with Crippen molar-refractivity contribution in [1.82, 2.24) is 0 Å². The third-order valence-corrected chi connectivity index (χ3v) is 1.72. The van der Waals surface area contributed by atoms with Gasteiger partial charge in [0.15, 0.2) is 0 Å². The molecule has 0 radical (unpaired) electrons. The molecular weight excluding hydrogens is 220 g/mol. The molecule has 0 rings (SSSR count). The maximum Gasteiger partial charge on any atom is 0.449 e. The smallest absolute Gasteiger partial charge is 0.321 e. The summed E-state index contributed by atoms with van der Waals surface area (Å²) in [5.74, 6) is -1.15. The van der Waals surface area contributed by atoms with Gasteiger partial charge in [-0.05, 0) is 6.42 Å². The highest BCUT2D eigenvalue weighted by atomic mass is 35.5. The van der Waals surface area contributed by atoms with Gasteiger partial charge >= 0.3 is 16.4 Å². The monoisotopic (exact) mass is 228 g/mol. The minimum Gasteiger partial charge on any atom is -0.321 e. The molecule has 0 aliphatic carbocycles. The molecule has 0 atom stereocenters. The first-order valence-electron chi connectivity index (χ1n) is 3.41. The summed E-state index contributed by atoms with van der Waals surface area (Å²) in [4.78, 5) is 10.9. The van der Waals surface area contributed by atoms with Gasteiger partial charge in [0.05, 0.1) is 0 Å². The molecule has 7 heteroatoms. The van der Waals surface area contributed by atoms with E-state index in [1.54, 1.807) is 6.92 Å². The highest BCUT2D eigenvalue weighted by Gasteiger charge is 2.16. The molecule has 0 spiro atoms. The molecule has 0 saturated carbocycles. The molecule has 0 amide bonds. The Labute approximate surface area is 81.3 Å². The molecule has 76 valence electrons. The van der Waals surface area contributed by atoms with Crippen molar-refractivity contribution in [1.29, 1.82) is 0 Å². The SMILES string of the molecule is CCCC(=CCl)C(=O)OS(=O)(=O)O. The van der Waals surface area contributed by atoms with Crippen molar-refractivity contribution in [3.8, 4) is 0 Å². The lowest BCUT2D eigenvalue weighted by molar-refractivity contribution is -0.130. The Morgan fingerprint density at radius 1 is 1.62 bits per heavy atom. The molecule has 0 bridgehead atoms. The highest BCUT2D eigenvalue weighted by Crippen LogP contribution is 2.09. The predicted octanol–water partition coefficient (Wildman–Crippen LogP) is 1.26. The van der Waals surface area contributed by atoms with Crippen LogP contribution in [0.5, 0.6) is 0 Å². The van der Waals surface area contributed by atoms with Crippen LogP contribution in [0.4, 0.5) is 0 Å². The lowest BCUT2D eigenvalue weighted by atomic mass is 10.2. The van der Waals surface area contributed by atoms with Gasteiger partial charge < -0.3 is 4.18 Å². The molecule has 0 aromatic rings. The number of carbonyl (C=O) groups is 1. The zero-order chi connectivity index (χ0) is 10.5. The Morgan fingerprint density at radius 3 is 2.46 bits per heavy atom. The molecule has 0 aliphatic rings. The Hall–Kier alpha value is -0.590. The van der Waals surface area contributed by atoms with Gasteiger partial charge in [0.25, 0.3) is 0 Å². The van der Waals surface area contributed by atoms with Crippen LogP contribution in [0.3, 0.4) is 0 Å². The van der Waals surface area contributed by atoms with Crippen molar-refractivity contribution in [2.24, 2.45) is 0 Å². The van der Waals surface area contributed by atoms with Crippen LogP contribution in [0.15, 0.2) is 11.1 Å². The summed E-state index contributed by atoms with van der Waals surface area (Å²) < 4.78 is 32.1. The molecule has 0 fully saturated rings. The van der Waals surface area contributed by atoms with Crippen molar-refractivity contribution in [3.63, 3.8) is 0 Å². The second-order valence-corrected chi connectivity index (χ2v) is 3.42. The summed E-state index contributed by atoms with van der Waals surface area (Å²) in [6.07, 6.45) is 0.900. The first-order valence-corrected chi connectivity index (χ1v) is 5.21. The number of carbonyl (C=O) groups excluding carboxylic acids is 1. The third kappa shape index (κ3) is 5.62. The highest BCUT2D eigenvalue weighted by molar-refractivity contribution is 7.81. The van der Waals surface area contributed by atoms with E-state index in [0.717, 1.165) is 5.54 Å². The number of hydrogen-bond acceptors (Lipinski definition) is 4. The van der Waals surface area contributed by atoms with Crippen LogP contribution in [0, 0.1) is 0 Å². The second-order valence-electron chi connectivity index (χ2n) is 2.18. The van der Waals surface area contributed by atoms with Gasteiger partial charge in [-0.1, -0.05) is 24.9 Å². The maximum atomic E-state index is 10.9. The van der Waals surface area contributed by atoms with Gasteiger partial charge in [-0.15, -0.1) is 0 Å². The van der Waals surface area contributed by atoms with Gasteiger partial charge in [-0.3, -0.25) is 4.55 Å². The minimum atomic E-state index is -4.75. The summed E-state index contributed by atoms with van der Waals surface area (Å²) in [7, 11) is -4.75. The topological polar surface area (TPSA) is 80.7 Å². The number of hydrogen-bond donors (Lipinski definition) is 1. The van der Waals surface area contributed by atoms with Crippen LogP contribution in [0.2, 0.25) is 0 Å². The van der Waals surface area contributed by atoms with Gasteiger partial charge in [-0.2, -0.15) is 8.42 Å². The minimum absolute atomic E-state index is 0.00166. The normalized spacial score (nSPS) is 12.7. The van der Waals surface area contributed by atoms with Gasteiger partial charge in [0, 0.05) is 11.1 Å². The largest absolute Gasteiger partial charge is 0.449 e. The third-order valence-electron chi connectivity index (χ3n) is 1.09. The van der Waals surface area contributed by atoms with E-state index in [0.29, 0.717) is 6.42 Å². The molecule has 0 heterocycles. The van der Waals surface area contributed by atoms with Crippen LogP contribution in [-0.4, -0.2) is 18.9 Å². The zero-order valence-corrected chi connectivity index (χ0v) is 8.43. The van der Waals surface area contributed by atoms with E-state index in [9.17, 15) is 13.2 Å². The molecule has 0 aromatic carbocycles.